The van der Waals surface area contributed by atoms with E-state index in [9.17, 15) is 0 Å². The maximum atomic E-state index is 3.60. The van der Waals surface area contributed by atoms with Crippen LogP contribution in [0.2, 0.25) is 0 Å². The van der Waals surface area contributed by atoms with Crippen molar-refractivity contribution in [3.63, 3.8) is 0 Å². The number of rotatable bonds is 4. The summed E-state index contributed by atoms with van der Waals surface area (Å²) in [5, 5.41) is 1.33. The van der Waals surface area contributed by atoms with Crippen LogP contribution in [0.3, 0.4) is 0 Å². The van der Waals surface area contributed by atoms with E-state index >= 15 is 0 Å². The number of fused-ring (bicyclic) bond motifs is 1. The van der Waals surface area contributed by atoms with E-state index in [1.165, 1.54) is 40.6 Å². The Labute approximate surface area is 114 Å². The van der Waals surface area contributed by atoms with Crippen LogP contribution < -0.4 is 0 Å². The van der Waals surface area contributed by atoms with Gasteiger partial charge in [-0.15, -0.1) is 0 Å². The summed E-state index contributed by atoms with van der Waals surface area (Å²) in [6, 6.07) is 19.3. The Bertz CT molecular complexity index is 664. The molecule has 0 saturated carbocycles. The number of aryl methyl sites for hydroxylation is 1. The fourth-order valence-electron chi connectivity index (χ4n) is 2.67. The van der Waals surface area contributed by atoms with Gasteiger partial charge in [-0.05, 0) is 24.5 Å². The summed E-state index contributed by atoms with van der Waals surface area (Å²) in [5.74, 6) is 0. The largest absolute Gasteiger partial charge is 0.358 e. The van der Waals surface area contributed by atoms with Crippen LogP contribution in [0, 0.1) is 0 Å². The van der Waals surface area contributed by atoms with Crippen LogP contribution in [0.15, 0.2) is 54.6 Å². The van der Waals surface area contributed by atoms with E-state index < -0.39 is 0 Å². The van der Waals surface area contributed by atoms with Crippen molar-refractivity contribution in [2.24, 2.45) is 0 Å². The molecule has 3 rings (SSSR count). The standard InChI is InChI=1S/C18H19N/c1-2-3-12-17-18(14-9-5-4-6-10-14)15-11-7-8-13-16(15)19-17/h4-11,13,19H,2-3,12H2,1H3. The maximum Gasteiger partial charge on any atom is 0.0462 e. The smallest absolute Gasteiger partial charge is 0.0462 e. The van der Waals surface area contributed by atoms with Crippen molar-refractivity contribution in [2.45, 2.75) is 26.2 Å². The van der Waals surface area contributed by atoms with Crippen LogP contribution >= 0.6 is 0 Å². The quantitative estimate of drug-likeness (QED) is 0.656. The molecule has 0 aliphatic rings. The van der Waals surface area contributed by atoms with Crippen molar-refractivity contribution in [3.05, 3.63) is 60.3 Å². The first kappa shape index (κ1) is 12.0. The third-order valence-electron chi connectivity index (χ3n) is 3.63. The summed E-state index contributed by atoms with van der Waals surface area (Å²) < 4.78 is 0. The Kier molecular flexibility index (Phi) is 3.37. The van der Waals surface area contributed by atoms with Gasteiger partial charge < -0.3 is 4.98 Å². The van der Waals surface area contributed by atoms with Crippen molar-refractivity contribution in [3.8, 4) is 11.1 Å². The van der Waals surface area contributed by atoms with Crippen LogP contribution in [0.4, 0.5) is 0 Å². The fourth-order valence-corrected chi connectivity index (χ4v) is 2.67. The third-order valence-corrected chi connectivity index (χ3v) is 3.63. The van der Waals surface area contributed by atoms with E-state index in [4.69, 9.17) is 0 Å². The molecule has 0 saturated heterocycles. The second-order valence-electron chi connectivity index (χ2n) is 4.99. The van der Waals surface area contributed by atoms with Gasteiger partial charge in [-0.1, -0.05) is 61.9 Å². The van der Waals surface area contributed by atoms with Gasteiger partial charge >= 0.3 is 0 Å². The molecular formula is C18H19N. The molecule has 1 heteroatoms. The Balaban J connectivity index is 2.19. The zero-order valence-electron chi connectivity index (χ0n) is 11.3. The molecule has 0 fully saturated rings. The van der Waals surface area contributed by atoms with Gasteiger partial charge in [0.15, 0.2) is 0 Å². The minimum absolute atomic E-state index is 1.12. The highest BCUT2D eigenvalue weighted by Crippen LogP contribution is 2.33. The highest BCUT2D eigenvalue weighted by molar-refractivity contribution is 5.97. The number of hydrogen-bond donors (Lipinski definition) is 1. The summed E-state index contributed by atoms with van der Waals surface area (Å²) in [6.45, 7) is 2.24. The third kappa shape index (κ3) is 2.28. The minimum atomic E-state index is 1.12. The van der Waals surface area contributed by atoms with Crippen LogP contribution in [-0.2, 0) is 6.42 Å². The van der Waals surface area contributed by atoms with Crippen LogP contribution in [-0.4, -0.2) is 4.98 Å². The lowest BCUT2D eigenvalue weighted by atomic mass is 10.00. The molecule has 19 heavy (non-hydrogen) atoms. The zero-order chi connectivity index (χ0) is 13.1. The molecule has 1 aromatic heterocycles. The first-order chi connectivity index (χ1) is 9.40. The topological polar surface area (TPSA) is 15.8 Å². The molecule has 2 aromatic carbocycles. The summed E-state index contributed by atoms with van der Waals surface area (Å²) in [5.41, 5.74) is 5.30. The number of unbranched alkanes of at least 4 members (excludes halogenated alkanes) is 1. The number of para-hydroxylation sites is 1. The van der Waals surface area contributed by atoms with E-state index in [0.29, 0.717) is 0 Å². The van der Waals surface area contributed by atoms with Gasteiger partial charge in [-0.25, -0.2) is 0 Å². The number of benzene rings is 2. The van der Waals surface area contributed by atoms with Crippen molar-refractivity contribution < 1.29 is 0 Å². The number of hydrogen-bond acceptors (Lipinski definition) is 0. The Morgan fingerprint density at radius 2 is 1.63 bits per heavy atom. The first-order valence-electron chi connectivity index (χ1n) is 7.05. The van der Waals surface area contributed by atoms with E-state index in [1.807, 2.05) is 0 Å². The predicted molar refractivity (Wildman–Crippen MR) is 82.3 cm³/mol. The lowest BCUT2D eigenvalue weighted by Crippen LogP contribution is -1.88. The van der Waals surface area contributed by atoms with Crippen LogP contribution in [0.1, 0.15) is 25.5 Å². The highest BCUT2D eigenvalue weighted by Gasteiger charge is 2.12. The van der Waals surface area contributed by atoms with Gasteiger partial charge in [0.05, 0.1) is 0 Å². The van der Waals surface area contributed by atoms with Crippen LogP contribution in [0.5, 0.6) is 0 Å². The Morgan fingerprint density at radius 3 is 2.42 bits per heavy atom. The zero-order valence-corrected chi connectivity index (χ0v) is 11.3. The molecule has 0 atom stereocenters. The van der Waals surface area contributed by atoms with Gasteiger partial charge in [-0.3, -0.25) is 0 Å². The Morgan fingerprint density at radius 1 is 0.895 bits per heavy atom. The molecule has 1 nitrogen and oxygen atoms in total. The molecule has 0 amide bonds. The van der Waals surface area contributed by atoms with Gasteiger partial charge in [0.2, 0.25) is 0 Å². The Hall–Kier alpha value is -2.02. The molecule has 0 aliphatic heterocycles. The number of H-pyrrole nitrogens is 1. The molecule has 0 spiro atoms. The fraction of sp³-hybridized carbons (Fsp3) is 0.222. The molecule has 0 bridgehead atoms. The van der Waals surface area contributed by atoms with Gasteiger partial charge in [0.25, 0.3) is 0 Å². The van der Waals surface area contributed by atoms with E-state index in [-0.39, 0.29) is 0 Å². The van der Waals surface area contributed by atoms with Crippen molar-refractivity contribution >= 4 is 10.9 Å². The van der Waals surface area contributed by atoms with E-state index in [2.05, 4.69) is 66.5 Å². The van der Waals surface area contributed by atoms with Gasteiger partial charge in [-0.2, -0.15) is 0 Å². The molecule has 96 valence electrons. The summed E-state index contributed by atoms with van der Waals surface area (Å²) >= 11 is 0. The molecule has 0 aliphatic carbocycles. The highest BCUT2D eigenvalue weighted by atomic mass is 14.7. The monoisotopic (exact) mass is 249 g/mol. The summed E-state index contributed by atoms with van der Waals surface area (Å²) in [7, 11) is 0. The lowest BCUT2D eigenvalue weighted by Gasteiger charge is -2.04. The average Bonchev–Trinajstić information content (AvgIpc) is 2.84. The maximum absolute atomic E-state index is 3.60. The summed E-state index contributed by atoms with van der Waals surface area (Å²) in [6.07, 6.45) is 3.58. The normalized spacial score (nSPS) is 11.0. The molecular weight excluding hydrogens is 230 g/mol. The number of nitrogens with one attached hydrogen (secondary N) is 1. The minimum Gasteiger partial charge on any atom is -0.358 e. The van der Waals surface area contributed by atoms with Crippen molar-refractivity contribution in [2.75, 3.05) is 0 Å². The van der Waals surface area contributed by atoms with Gasteiger partial charge in [0.1, 0.15) is 0 Å². The van der Waals surface area contributed by atoms with Crippen molar-refractivity contribution in [1.82, 2.24) is 4.98 Å². The second-order valence-corrected chi connectivity index (χ2v) is 4.99. The SMILES string of the molecule is CCCCc1[nH]c2ccccc2c1-c1ccccc1. The predicted octanol–water partition coefficient (Wildman–Crippen LogP) is 5.18. The van der Waals surface area contributed by atoms with Gasteiger partial charge in [0, 0.05) is 22.2 Å². The molecule has 1 heterocycles. The average molecular weight is 249 g/mol. The van der Waals surface area contributed by atoms with E-state index in [1.54, 1.807) is 0 Å². The lowest BCUT2D eigenvalue weighted by molar-refractivity contribution is 0.783. The molecule has 0 unspecified atom stereocenters. The van der Waals surface area contributed by atoms with Crippen LogP contribution in [0.25, 0.3) is 22.0 Å². The van der Waals surface area contributed by atoms with E-state index in [0.717, 1.165) is 6.42 Å². The molecule has 0 radical (unpaired) electrons. The van der Waals surface area contributed by atoms with Crippen molar-refractivity contribution in [1.29, 1.82) is 0 Å². The summed E-state index contributed by atoms with van der Waals surface area (Å²) in [4.78, 5) is 3.60. The molecule has 3 aromatic rings. The first-order valence-corrected chi connectivity index (χ1v) is 7.05. The number of aromatic nitrogens is 1. The second kappa shape index (κ2) is 5.31. The number of aromatic amines is 1. The molecule has 1 N–H and O–H groups in total.